The molecule has 1 atom stereocenters. The van der Waals surface area contributed by atoms with Crippen LogP contribution in [0.15, 0.2) is 0 Å². The monoisotopic (exact) mass is 227 g/mol. The summed E-state index contributed by atoms with van der Waals surface area (Å²) in [5, 5.41) is 10.9. The Balaban J connectivity index is 4.27. The molecule has 0 aliphatic heterocycles. The average Bonchev–Trinajstić information content (AvgIpc) is 2.23. The van der Waals surface area contributed by atoms with Crippen LogP contribution in [0.5, 0.6) is 0 Å². The molecule has 0 saturated carbocycles. The third kappa shape index (κ3) is 5.65. The van der Waals surface area contributed by atoms with Crippen LogP contribution in [0.3, 0.4) is 0 Å². The highest BCUT2D eigenvalue weighted by molar-refractivity contribution is 5.96. The summed E-state index contributed by atoms with van der Waals surface area (Å²) >= 11 is 0. The first-order chi connectivity index (χ1) is 7.51. The molecule has 6 heteroatoms. The summed E-state index contributed by atoms with van der Waals surface area (Å²) < 4.78 is 4.36. The molecule has 16 heavy (non-hydrogen) atoms. The van der Waals surface area contributed by atoms with Crippen molar-refractivity contribution in [3.05, 3.63) is 0 Å². The standard InChI is InChI=1S/C10H13NO5/c1-3-4-8(12)11-7(10(14)15)5-6-9(13)16-2/h7H,5-6H2,1-2H3,(H,11,12)(H,14,15)/t7-/m1/s1. The van der Waals surface area contributed by atoms with E-state index in [-0.39, 0.29) is 12.8 Å². The van der Waals surface area contributed by atoms with Crippen molar-refractivity contribution in [2.24, 2.45) is 0 Å². The van der Waals surface area contributed by atoms with Crippen molar-refractivity contribution in [3.8, 4) is 11.8 Å². The number of methoxy groups -OCH3 is 1. The molecule has 0 rings (SSSR count). The van der Waals surface area contributed by atoms with Crippen molar-refractivity contribution in [1.82, 2.24) is 5.32 Å². The Kier molecular flexibility index (Phi) is 6.36. The molecular formula is C10H13NO5. The molecule has 0 aliphatic carbocycles. The Bertz CT molecular complexity index is 339. The van der Waals surface area contributed by atoms with Crippen molar-refractivity contribution < 1.29 is 24.2 Å². The fraction of sp³-hybridized carbons (Fsp3) is 0.500. The minimum absolute atomic E-state index is 0.0286. The molecule has 2 N–H and O–H groups in total. The van der Waals surface area contributed by atoms with E-state index in [9.17, 15) is 14.4 Å². The zero-order valence-corrected chi connectivity index (χ0v) is 9.07. The second-order valence-corrected chi connectivity index (χ2v) is 2.85. The lowest BCUT2D eigenvalue weighted by Crippen LogP contribution is -2.40. The van der Waals surface area contributed by atoms with Crippen LogP contribution >= 0.6 is 0 Å². The molecule has 0 heterocycles. The predicted octanol–water partition coefficient (Wildman–Crippen LogP) is -0.468. The van der Waals surface area contributed by atoms with Crippen LogP contribution in [0.4, 0.5) is 0 Å². The summed E-state index contributed by atoms with van der Waals surface area (Å²) in [6.45, 7) is 1.46. The van der Waals surface area contributed by atoms with Crippen molar-refractivity contribution >= 4 is 17.8 Å². The maximum Gasteiger partial charge on any atom is 0.326 e. The highest BCUT2D eigenvalue weighted by Gasteiger charge is 2.20. The van der Waals surface area contributed by atoms with Crippen molar-refractivity contribution in [1.29, 1.82) is 0 Å². The van der Waals surface area contributed by atoms with Crippen LogP contribution in [-0.2, 0) is 19.1 Å². The number of hydrogen-bond donors (Lipinski definition) is 2. The highest BCUT2D eigenvalue weighted by atomic mass is 16.5. The zero-order chi connectivity index (χ0) is 12.6. The molecule has 88 valence electrons. The summed E-state index contributed by atoms with van der Waals surface area (Å²) in [5.41, 5.74) is 0. The van der Waals surface area contributed by atoms with Gasteiger partial charge in [0.05, 0.1) is 7.11 Å². The Hall–Kier alpha value is -2.03. The van der Waals surface area contributed by atoms with E-state index in [4.69, 9.17) is 5.11 Å². The minimum atomic E-state index is -1.21. The van der Waals surface area contributed by atoms with Gasteiger partial charge in [-0.2, -0.15) is 0 Å². The molecule has 0 aromatic heterocycles. The second kappa shape index (κ2) is 7.29. The van der Waals surface area contributed by atoms with Crippen LogP contribution in [0, 0.1) is 11.8 Å². The van der Waals surface area contributed by atoms with E-state index in [2.05, 4.69) is 21.9 Å². The van der Waals surface area contributed by atoms with Gasteiger partial charge in [0.2, 0.25) is 0 Å². The zero-order valence-electron chi connectivity index (χ0n) is 9.07. The Morgan fingerprint density at radius 2 is 2.06 bits per heavy atom. The van der Waals surface area contributed by atoms with Gasteiger partial charge in [-0.15, -0.1) is 0 Å². The normalized spacial score (nSPS) is 10.6. The van der Waals surface area contributed by atoms with Gasteiger partial charge in [-0.25, -0.2) is 4.79 Å². The number of ether oxygens (including phenoxy) is 1. The summed E-state index contributed by atoms with van der Waals surface area (Å²) in [6.07, 6.45) is -0.105. The highest BCUT2D eigenvalue weighted by Crippen LogP contribution is 1.99. The van der Waals surface area contributed by atoms with Gasteiger partial charge in [0.1, 0.15) is 6.04 Å². The maximum absolute atomic E-state index is 11.0. The van der Waals surface area contributed by atoms with Crippen LogP contribution in [0.1, 0.15) is 19.8 Å². The van der Waals surface area contributed by atoms with Gasteiger partial charge in [-0.05, 0) is 19.3 Å². The molecule has 0 aliphatic rings. The summed E-state index contributed by atoms with van der Waals surface area (Å²) in [6, 6.07) is -1.13. The lowest BCUT2D eigenvalue weighted by atomic mass is 10.1. The molecule has 0 spiro atoms. The first-order valence-electron chi connectivity index (χ1n) is 4.54. The Labute approximate surface area is 93.0 Å². The number of carboxylic acids is 1. The second-order valence-electron chi connectivity index (χ2n) is 2.85. The number of nitrogens with one attached hydrogen (secondary N) is 1. The first-order valence-corrected chi connectivity index (χ1v) is 4.54. The number of aliphatic carboxylic acids is 1. The van der Waals surface area contributed by atoms with E-state index >= 15 is 0 Å². The van der Waals surface area contributed by atoms with Gasteiger partial charge < -0.3 is 15.2 Å². The molecule has 0 radical (unpaired) electrons. The number of esters is 1. The van der Waals surface area contributed by atoms with Crippen LogP contribution in [-0.4, -0.2) is 36.1 Å². The van der Waals surface area contributed by atoms with Gasteiger partial charge in [-0.1, -0.05) is 5.92 Å². The number of carbonyl (C=O) groups excluding carboxylic acids is 2. The predicted molar refractivity (Wildman–Crippen MR) is 54.3 cm³/mol. The number of hydrogen-bond acceptors (Lipinski definition) is 4. The molecule has 0 unspecified atom stereocenters. The molecule has 0 aromatic carbocycles. The minimum Gasteiger partial charge on any atom is -0.480 e. The maximum atomic E-state index is 11.0. The average molecular weight is 227 g/mol. The lowest BCUT2D eigenvalue weighted by Gasteiger charge is -2.11. The summed E-state index contributed by atoms with van der Waals surface area (Å²) in [7, 11) is 1.21. The number of amides is 1. The van der Waals surface area contributed by atoms with E-state index in [1.807, 2.05) is 0 Å². The molecule has 0 bridgehead atoms. The van der Waals surface area contributed by atoms with Gasteiger partial charge >= 0.3 is 11.9 Å². The number of rotatable bonds is 5. The Morgan fingerprint density at radius 1 is 1.44 bits per heavy atom. The number of carboxylic acid groups (broad SMARTS) is 1. The lowest BCUT2D eigenvalue weighted by molar-refractivity contribution is -0.143. The van der Waals surface area contributed by atoms with E-state index < -0.39 is 23.9 Å². The Morgan fingerprint density at radius 3 is 2.50 bits per heavy atom. The fourth-order valence-electron chi connectivity index (χ4n) is 0.929. The van der Waals surface area contributed by atoms with Crippen LogP contribution in [0.2, 0.25) is 0 Å². The van der Waals surface area contributed by atoms with Gasteiger partial charge in [0, 0.05) is 6.42 Å². The molecular weight excluding hydrogens is 214 g/mol. The topological polar surface area (TPSA) is 92.7 Å². The number of carbonyl (C=O) groups is 3. The van der Waals surface area contributed by atoms with Crippen LogP contribution in [0.25, 0.3) is 0 Å². The largest absolute Gasteiger partial charge is 0.480 e. The molecule has 6 nitrogen and oxygen atoms in total. The summed E-state index contributed by atoms with van der Waals surface area (Å²) in [5.74, 6) is 2.07. The first kappa shape index (κ1) is 14.0. The molecule has 1 amide bonds. The quantitative estimate of drug-likeness (QED) is 0.489. The van der Waals surface area contributed by atoms with Crippen molar-refractivity contribution in [3.63, 3.8) is 0 Å². The molecule has 0 aromatic rings. The SMILES string of the molecule is CC#CC(=O)N[C@H](CCC(=O)OC)C(=O)O. The fourth-order valence-corrected chi connectivity index (χ4v) is 0.929. The van der Waals surface area contributed by atoms with Gasteiger partial charge in [-0.3, -0.25) is 9.59 Å². The van der Waals surface area contributed by atoms with E-state index in [1.54, 1.807) is 0 Å². The molecule has 0 fully saturated rings. The van der Waals surface area contributed by atoms with E-state index in [1.165, 1.54) is 14.0 Å². The summed E-state index contributed by atoms with van der Waals surface area (Å²) in [4.78, 5) is 32.5. The third-order valence-corrected chi connectivity index (χ3v) is 1.71. The van der Waals surface area contributed by atoms with Crippen LogP contribution < -0.4 is 5.32 Å². The van der Waals surface area contributed by atoms with Gasteiger partial charge in [0.25, 0.3) is 5.91 Å². The van der Waals surface area contributed by atoms with Gasteiger partial charge in [0.15, 0.2) is 0 Å². The van der Waals surface area contributed by atoms with Crippen molar-refractivity contribution in [2.75, 3.05) is 7.11 Å². The smallest absolute Gasteiger partial charge is 0.326 e. The third-order valence-electron chi connectivity index (χ3n) is 1.71. The van der Waals surface area contributed by atoms with Crippen molar-refractivity contribution in [2.45, 2.75) is 25.8 Å². The molecule has 0 saturated heterocycles. The van der Waals surface area contributed by atoms with E-state index in [0.717, 1.165) is 0 Å². The van der Waals surface area contributed by atoms with E-state index in [0.29, 0.717) is 0 Å².